The van der Waals surface area contributed by atoms with Gasteiger partial charge in [0.1, 0.15) is 17.5 Å². The maximum atomic E-state index is 13.4. The summed E-state index contributed by atoms with van der Waals surface area (Å²) in [6, 6.07) is 17.1. The van der Waals surface area contributed by atoms with Gasteiger partial charge in [-0.1, -0.05) is 0 Å². The number of aliphatic imine (C=N–C) groups is 6. The first-order valence-electron chi connectivity index (χ1n) is 10.1. The molecule has 0 aromatic heterocycles. The van der Waals surface area contributed by atoms with E-state index in [9.17, 15) is 13.2 Å². The quantitative estimate of drug-likeness (QED) is 0.585. The molecule has 0 N–H and O–H groups in total. The molecular weight excluding hydrogens is 443 g/mol. The first-order valence-corrected chi connectivity index (χ1v) is 10.1. The predicted molar refractivity (Wildman–Crippen MR) is 123 cm³/mol. The topological polar surface area (TPSA) is 77.4 Å². The van der Waals surface area contributed by atoms with Crippen LogP contribution in [0.5, 0.6) is 0 Å². The van der Waals surface area contributed by atoms with Crippen molar-refractivity contribution in [2.24, 2.45) is 30.0 Å². The van der Waals surface area contributed by atoms with E-state index in [1.807, 2.05) is 0 Å². The first kappa shape index (κ1) is 19.9. The van der Waals surface area contributed by atoms with Gasteiger partial charge in [0.2, 0.25) is 17.9 Å². The molecule has 3 aromatic rings. The Morgan fingerprint density at radius 1 is 0.382 bits per heavy atom. The second-order valence-electron chi connectivity index (χ2n) is 7.40. The Hall–Kier alpha value is -4.73. The fourth-order valence-corrected chi connectivity index (χ4v) is 3.47. The molecule has 0 spiro atoms. The van der Waals surface area contributed by atoms with Crippen molar-refractivity contribution in [1.29, 1.82) is 0 Å². The van der Waals surface area contributed by atoms with Gasteiger partial charge in [0.05, 0.1) is 0 Å². The maximum Gasteiger partial charge on any atom is 0.243 e. The summed E-state index contributed by atoms with van der Waals surface area (Å²) >= 11 is 0. The molecule has 3 aliphatic heterocycles. The molecule has 0 saturated heterocycles. The summed E-state index contributed by atoms with van der Waals surface area (Å²) in [5.41, 5.74) is 1.68. The van der Waals surface area contributed by atoms with Gasteiger partial charge in [-0.3, -0.25) is 0 Å². The number of halogens is 3. The lowest BCUT2D eigenvalue weighted by Crippen LogP contribution is -2.48. The van der Waals surface area contributed by atoms with E-state index in [2.05, 4.69) is 30.0 Å². The van der Waals surface area contributed by atoms with Crippen LogP contribution in [0.2, 0.25) is 0 Å². The van der Waals surface area contributed by atoms with Gasteiger partial charge in [0.25, 0.3) is 0 Å². The third-order valence-corrected chi connectivity index (χ3v) is 5.14. The highest BCUT2D eigenvalue weighted by Gasteiger charge is 2.35. The Bertz CT molecular complexity index is 1310. The summed E-state index contributed by atoms with van der Waals surface area (Å²) in [6.45, 7) is 0. The minimum atomic E-state index is -0.390. The Labute approximate surface area is 190 Å². The number of hydrogen-bond acceptors (Lipinski definition) is 7. The highest BCUT2D eigenvalue weighted by atomic mass is 19.1. The molecule has 3 aromatic carbocycles. The van der Waals surface area contributed by atoms with Crippen molar-refractivity contribution in [3.8, 4) is 0 Å². The smallest absolute Gasteiger partial charge is 0.213 e. The summed E-state index contributed by atoms with van der Waals surface area (Å²) in [5.74, 6) is 0.269. The van der Waals surface area contributed by atoms with Crippen molar-refractivity contribution in [3.63, 3.8) is 0 Å². The number of hydrogen-bond donors (Lipinski definition) is 0. The highest BCUT2D eigenvalue weighted by molar-refractivity contribution is 6.34. The van der Waals surface area contributed by atoms with Gasteiger partial charge in [-0.05, 0) is 72.8 Å². The minimum absolute atomic E-state index is 0.208. The normalized spacial score (nSPS) is 16.5. The van der Waals surface area contributed by atoms with Crippen LogP contribution in [0.15, 0.2) is 103 Å². The SMILES string of the molecule is Fc1ccc(C2=NC3=NC(c4ccc(F)cc4)=NC4=NC(c5ccc(F)cc5)=NC(=N2)N34)cc1. The van der Waals surface area contributed by atoms with Crippen LogP contribution in [0, 0.1) is 17.5 Å². The molecule has 0 radical (unpaired) electrons. The molecule has 0 atom stereocenters. The molecule has 7 nitrogen and oxygen atoms in total. The van der Waals surface area contributed by atoms with E-state index in [0.717, 1.165) is 0 Å². The standard InChI is InChI=1S/C24H12F3N7/c25-16-7-1-13(2-8-16)19-28-22-30-20(14-3-9-17(26)10-4-14)32-24-33-21(31-23(29-19)34(22)24)15-5-11-18(27)12-6-15/h1-12H. The molecule has 0 fully saturated rings. The van der Waals surface area contributed by atoms with Gasteiger partial charge >= 0.3 is 0 Å². The van der Waals surface area contributed by atoms with Gasteiger partial charge in [0.15, 0.2) is 17.5 Å². The molecule has 10 heteroatoms. The maximum absolute atomic E-state index is 13.4. The average Bonchev–Trinajstić information content (AvgIpc) is 2.85. The lowest BCUT2D eigenvalue weighted by Gasteiger charge is -2.30. The van der Waals surface area contributed by atoms with Crippen LogP contribution in [-0.2, 0) is 0 Å². The molecule has 0 bridgehead atoms. The molecule has 34 heavy (non-hydrogen) atoms. The zero-order chi connectivity index (χ0) is 23.2. The van der Waals surface area contributed by atoms with Crippen molar-refractivity contribution >= 4 is 35.4 Å². The molecule has 0 unspecified atom stereocenters. The van der Waals surface area contributed by atoms with E-state index >= 15 is 0 Å². The number of nitrogens with zero attached hydrogens (tertiary/aromatic N) is 7. The largest absolute Gasteiger partial charge is 0.243 e. The van der Waals surface area contributed by atoms with E-state index in [1.54, 1.807) is 36.4 Å². The number of amidine groups is 3. The highest BCUT2D eigenvalue weighted by Crippen LogP contribution is 2.23. The second kappa shape index (κ2) is 7.69. The summed E-state index contributed by atoms with van der Waals surface area (Å²) in [4.78, 5) is 28.6. The van der Waals surface area contributed by atoms with Crippen LogP contribution in [0.3, 0.4) is 0 Å². The van der Waals surface area contributed by atoms with Gasteiger partial charge < -0.3 is 0 Å². The first-order chi connectivity index (χ1) is 16.5. The van der Waals surface area contributed by atoms with Crippen LogP contribution in [0.4, 0.5) is 13.2 Å². The van der Waals surface area contributed by atoms with E-state index in [0.29, 0.717) is 16.7 Å². The van der Waals surface area contributed by atoms with Gasteiger partial charge in [-0.15, -0.1) is 0 Å². The Balaban J connectivity index is 1.53. The molecule has 6 rings (SSSR count). The van der Waals surface area contributed by atoms with Crippen molar-refractivity contribution in [2.45, 2.75) is 0 Å². The molecule has 164 valence electrons. The summed E-state index contributed by atoms with van der Waals surface area (Å²) in [7, 11) is 0. The average molecular weight is 455 g/mol. The Morgan fingerprint density at radius 2 is 0.647 bits per heavy atom. The van der Waals surface area contributed by atoms with E-state index < -0.39 is 0 Å². The lowest BCUT2D eigenvalue weighted by molar-refractivity contribution is 0.627. The lowest BCUT2D eigenvalue weighted by atomic mass is 10.2. The van der Waals surface area contributed by atoms with Crippen LogP contribution < -0.4 is 0 Å². The summed E-state index contributed by atoms with van der Waals surface area (Å²) < 4.78 is 40.3. The van der Waals surface area contributed by atoms with Crippen molar-refractivity contribution in [2.75, 3.05) is 0 Å². The third kappa shape index (κ3) is 3.51. The monoisotopic (exact) mass is 455 g/mol. The van der Waals surface area contributed by atoms with Crippen LogP contribution >= 0.6 is 0 Å². The van der Waals surface area contributed by atoms with Gasteiger partial charge in [0, 0.05) is 16.7 Å². The number of benzene rings is 3. The van der Waals surface area contributed by atoms with Crippen LogP contribution in [0.1, 0.15) is 16.7 Å². The fourth-order valence-electron chi connectivity index (χ4n) is 3.47. The molecule has 0 saturated carbocycles. The second-order valence-corrected chi connectivity index (χ2v) is 7.40. The van der Waals surface area contributed by atoms with Gasteiger partial charge in [-0.2, -0.15) is 30.0 Å². The van der Waals surface area contributed by atoms with Crippen molar-refractivity contribution in [3.05, 3.63) is 107 Å². The summed E-state index contributed by atoms with van der Waals surface area (Å²) in [5, 5.41) is 0. The van der Waals surface area contributed by atoms with Crippen molar-refractivity contribution in [1.82, 2.24) is 4.90 Å². The van der Waals surface area contributed by atoms with E-state index in [4.69, 9.17) is 0 Å². The molecule has 0 amide bonds. The summed E-state index contributed by atoms with van der Waals surface area (Å²) in [6.07, 6.45) is 0. The minimum Gasteiger partial charge on any atom is -0.213 e. The van der Waals surface area contributed by atoms with Gasteiger partial charge in [-0.25, -0.2) is 18.1 Å². The molecular formula is C24H12F3N7. The zero-order valence-corrected chi connectivity index (χ0v) is 17.2. The molecule has 0 aliphatic carbocycles. The van der Waals surface area contributed by atoms with Crippen LogP contribution in [-0.4, -0.2) is 40.3 Å². The fraction of sp³-hybridized carbons (Fsp3) is 0. The zero-order valence-electron chi connectivity index (χ0n) is 17.2. The molecule has 3 heterocycles. The Morgan fingerprint density at radius 3 is 0.912 bits per heavy atom. The predicted octanol–water partition coefficient (Wildman–Crippen LogP) is 4.15. The van der Waals surface area contributed by atoms with Crippen LogP contribution in [0.25, 0.3) is 0 Å². The number of rotatable bonds is 3. The molecule has 3 aliphatic rings. The Kier molecular flexibility index (Phi) is 4.51. The van der Waals surface area contributed by atoms with E-state index in [-0.39, 0.29) is 52.8 Å². The van der Waals surface area contributed by atoms with E-state index in [1.165, 1.54) is 41.3 Å². The third-order valence-electron chi connectivity index (χ3n) is 5.14. The van der Waals surface area contributed by atoms with Crippen molar-refractivity contribution < 1.29 is 13.2 Å². The number of guanidine groups is 3.